The first kappa shape index (κ1) is 14.7. The number of rotatable bonds is 3. The number of hydrogen-bond donors (Lipinski definition) is 0. The quantitative estimate of drug-likeness (QED) is 0.860. The zero-order valence-corrected chi connectivity index (χ0v) is 15.1. The molecule has 0 bridgehead atoms. The van der Waals surface area contributed by atoms with Gasteiger partial charge in [0.15, 0.2) is 0 Å². The summed E-state index contributed by atoms with van der Waals surface area (Å²) in [5.74, 6) is 2.30. The first-order valence-corrected chi connectivity index (χ1v) is 10.3. The van der Waals surface area contributed by atoms with Gasteiger partial charge in [-0.1, -0.05) is 6.42 Å². The monoisotopic (exact) mass is 336 g/mol. The first-order valence-electron chi connectivity index (χ1n) is 10.3. The Balaban J connectivity index is 1.28. The van der Waals surface area contributed by atoms with E-state index in [0.717, 1.165) is 38.0 Å². The highest BCUT2D eigenvalue weighted by Crippen LogP contribution is 2.35. The van der Waals surface area contributed by atoms with Gasteiger partial charge in [0, 0.05) is 51.7 Å². The summed E-state index contributed by atoms with van der Waals surface area (Å²) in [5, 5.41) is 0. The van der Waals surface area contributed by atoms with Crippen LogP contribution in [0.3, 0.4) is 0 Å². The van der Waals surface area contributed by atoms with Crippen LogP contribution >= 0.6 is 0 Å². The van der Waals surface area contributed by atoms with Crippen LogP contribution in [0.15, 0.2) is 12.1 Å². The first-order chi connectivity index (χ1) is 12.3. The van der Waals surface area contributed by atoms with Crippen molar-refractivity contribution in [2.75, 3.05) is 19.6 Å². The molecule has 0 saturated heterocycles. The van der Waals surface area contributed by atoms with E-state index in [-0.39, 0.29) is 0 Å². The van der Waals surface area contributed by atoms with Crippen molar-refractivity contribution in [3.8, 4) is 0 Å². The predicted molar refractivity (Wildman–Crippen MR) is 99.5 cm³/mol. The maximum absolute atomic E-state index is 5.04. The molecular weight excluding hydrogens is 308 g/mol. The van der Waals surface area contributed by atoms with Gasteiger partial charge in [-0.2, -0.15) is 0 Å². The summed E-state index contributed by atoms with van der Waals surface area (Å²) < 4.78 is 2.53. The number of hydrogen-bond acceptors (Lipinski definition) is 3. The van der Waals surface area contributed by atoms with E-state index in [0.29, 0.717) is 0 Å². The van der Waals surface area contributed by atoms with Gasteiger partial charge in [-0.3, -0.25) is 9.80 Å². The van der Waals surface area contributed by atoms with Gasteiger partial charge in [0.05, 0.1) is 11.0 Å². The highest BCUT2D eigenvalue weighted by Gasteiger charge is 2.30. The van der Waals surface area contributed by atoms with Gasteiger partial charge in [0.2, 0.25) is 0 Å². The number of benzene rings is 1. The van der Waals surface area contributed by atoms with Crippen LogP contribution in [0.1, 0.15) is 49.1 Å². The van der Waals surface area contributed by atoms with E-state index in [9.17, 15) is 0 Å². The van der Waals surface area contributed by atoms with Gasteiger partial charge in [-0.05, 0) is 54.9 Å². The third-order valence-corrected chi connectivity index (χ3v) is 6.97. The van der Waals surface area contributed by atoms with Crippen LogP contribution in [-0.4, -0.2) is 45.0 Å². The molecule has 0 atom stereocenters. The maximum Gasteiger partial charge on any atom is 0.111 e. The smallest absolute Gasteiger partial charge is 0.111 e. The third kappa shape index (κ3) is 2.53. The Kier molecular flexibility index (Phi) is 3.27. The average molecular weight is 336 g/mol. The molecule has 2 aliphatic carbocycles. The van der Waals surface area contributed by atoms with Crippen LogP contribution < -0.4 is 0 Å². The second-order valence-corrected chi connectivity index (χ2v) is 8.77. The molecule has 2 fully saturated rings. The topological polar surface area (TPSA) is 24.3 Å². The van der Waals surface area contributed by atoms with Crippen molar-refractivity contribution in [1.82, 2.24) is 19.4 Å². The number of fused-ring (bicyclic) bond motifs is 4. The van der Waals surface area contributed by atoms with Gasteiger partial charge in [-0.15, -0.1) is 0 Å². The fraction of sp³-hybridized carbons (Fsp3) is 0.667. The summed E-state index contributed by atoms with van der Waals surface area (Å²) in [6.07, 6.45) is 8.26. The van der Waals surface area contributed by atoms with Gasteiger partial charge in [0.25, 0.3) is 0 Å². The molecule has 0 amide bonds. The molecule has 0 unspecified atom stereocenters. The second-order valence-electron chi connectivity index (χ2n) is 8.77. The molecule has 25 heavy (non-hydrogen) atoms. The average Bonchev–Trinajstić information content (AvgIpc) is 3.23. The Morgan fingerprint density at radius 2 is 1.80 bits per heavy atom. The number of nitrogens with zero attached hydrogens (tertiary/aromatic N) is 4. The van der Waals surface area contributed by atoms with Crippen molar-refractivity contribution in [3.05, 3.63) is 29.1 Å². The lowest BCUT2D eigenvalue weighted by molar-refractivity contribution is 0.130. The van der Waals surface area contributed by atoms with Gasteiger partial charge < -0.3 is 4.57 Å². The van der Waals surface area contributed by atoms with E-state index in [1.54, 1.807) is 5.56 Å². The fourth-order valence-corrected chi connectivity index (χ4v) is 5.08. The fourth-order valence-electron chi connectivity index (χ4n) is 5.08. The molecule has 2 aromatic rings. The number of aromatic nitrogens is 2. The largest absolute Gasteiger partial charge is 0.327 e. The van der Waals surface area contributed by atoms with Crippen molar-refractivity contribution in [1.29, 1.82) is 0 Å². The molecule has 1 aromatic carbocycles. The molecule has 2 aliphatic heterocycles. The minimum atomic E-state index is 0.857. The minimum Gasteiger partial charge on any atom is -0.327 e. The van der Waals surface area contributed by atoms with Crippen LogP contribution in [0.5, 0.6) is 0 Å². The van der Waals surface area contributed by atoms with E-state index >= 15 is 0 Å². The van der Waals surface area contributed by atoms with Crippen LogP contribution in [0, 0.1) is 5.92 Å². The lowest BCUT2D eigenvalue weighted by Crippen LogP contribution is -2.41. The van der Waals surface area contributed by atoms with Crippen LogP contribution in [-0.2, 0) is 26.1 Å². The molecule has 0 spiro atoms. The standard InChI is InChI=1S/C21H28N4/c1-2-18(3-1)24-7-6-21-22-19-10-16-13-23(12-15-4-5-15)14-17(16)11-20(19)25(21)9-8-24/h10-11,15,18H,1-9,12-14H2. The summed E-state index contributed by atoms with van der Waals surface area (Å²) in [6.45, 7) is 7.10. The van der Waals surface area contributed by atoms with Crippen molar-refractivity contribution in [2.24, 2.45) is 5.92 Å². The molecule has 3 heterocycles. The molecule has 2 saturated carbocycles. The van der Waals surface area contributed by atoms with E-state index in [1.807, 2.05) is 0 Å². The zero-order valence-electron chi connectivity index (χ0n) is 15.1. The van der Waals surface area contributed by atoms with Gasteiger partial charge in [-0.25, -0.2) is 4.98 Å². The Bertz CT molecular complexity index is 815. The molecule has 4 nitrogen and oxygen atoms in total. The normalized spacial score (nSPS) is 25.0. The summed E-state index contributed by atoms with van der Waals surface area (Å²) in [6, 6.07) is 5.71. The molecule has 0 radical (unpaired) electrons. The van der Waals surface area contributed by atoms with Crippen molar-refractivity contribution < 1.29 is 0 Å². The highest BCUT2D eigenvalue weighted by atomic mass is 15.2. The molecule has 4 heteroatoms. The Morgan fingerprint density at radius 3 is 2.56 bits per heavy atom. The van der Waals surface area contributed by atoms with Crippen LogP contribution in [0.4, 0.5) is 0 Å². The van der Waals surface area contributed by atoms with Crippen molar-refractivity contribution in [3.63, 3.8) is 0 Å². The lowest BCUT2D eigenvalue weighted by Gasteiger charge is -2.36. The van der Waals surface area contributed by atoms with E-state index in [1.165, 1.54) is 74.2 Å². The molecule has 132 valence electrons. The van der Waals surface area contributed by atoms with Crippen LogP contribution in [0.25, 0.3) is 11.0 Å². The summed E-state index contributed by atoms with van der Waals surface area (Å²) in [4.78, 5) is 10.4. The molecule has 0 N–H and O–H groups in total. The van der Waals surface area contributed by atoms with Gasteiger partial charge >= 0.3 is 0 Å². The maximum atomic E-state index is 5.04. The lowest BCUT2D eigenvalue weighted by atomic mass is 9.91. The number of imidazole rings is 1. The third-order valence-electron chi connectivity index (χ3n) is 6.97. The molecule has 4 aliphatic rings. The molecule has 6 rings (SSSR count). The Labute approximate surface area is 149 Å². The van der Waals surface area contributed by atoms with Gasteiger partial charge in [0.1, 0.15) is 5.82 Å². The second kappa shape index (κ2) is 5.55. The Hall–Kier alpha value is -1.39. The van der Waals surface area contributed by atoms with Crippen molar-refractivity contribution >= 4 is 11.0 Å². The van der Waals surface area contributed by atoms with E-state index < -0.39 is 0 Å². The SMILES string of the molecule is c1c2c(cc3c1nc1n3CCN(C3CCC3)CC1)CN(CC1CC1)C2. The predicted octanol–water partition coefficient (Wildman–Crippen LogP) is 3.17. The summed E-state index contributed by atoms with van der Waals surface area (Å²) >= 11 is 0. The highest BCUT2D eigenvalue weighted by molar-refractivity contribution is 5.78. The van der Waals surface area contributed by atoms with Crippen LogP contribution in [0.2, 0.25) is 0 Å². The minimum absolute atomic E-state index is 0.857. The van der Waals surface area contributed by atoms with E-state index in [4.69, 9.17) is 4.98 Å². The molecular formula is C21H28N4. The summed E-state index contributed by atoms with van der Waals surface area (Å²) in [5.41, 5.74) is 5.70. The zero-order chi connectivity index (χ0) is 16.4. The Morgan fingerprint density at radius 1 is 0.960 bits per heavy atom. The van der Waals surface area contributed by atoms with E-state index in [2.05, 4.69) is 26.5 Å². The molecule has 1 aromatic heterocycles. The van der Waals surface area contributed by atoms with Crippen molar-refractivity contribution in [2.45, 2.75) is 64.2 Å². The summed E-state index contributed by atoms with van der Waals surface area (Å²) in [7, 11) is 0.